The number of halogens is 1. The third-order valence-corrected chi connectivity index (χ3v) is 5.69. The molecule has 9 nitrogen and oxygen atoms in total. The van der Waals surface area contributed by atoms with Gasteiger partial charge in [-0.25, -0.2) is 14.3 Å². The van der Waals surface area contributed by atoms with E-state index in [1.54, 1.807) is 13.2 Å². The normalized spacial score (nSPS) is 15.3. The number of hydrogen-bond acceptors (Lipinski definition) is 7. The highest BCUT2D eigenvalue weighted by Gasteiger charge is 2.34. The van der Waals surface area contributed by atoms with Crippen LogP contribution in [0.2, 0.25) is 5.15 Å². The number of fused-ring (bicyclic) bond motifs is 1. The zero-order valence-corrected chi connectivity index (χ0v) is 18.8. The van der Waals surface area contributed by atoms with Gasteiger partial charge in [-0.05, 0) is 24.6 Å². The number of imidazole rings is 1. The SMILES string of the molecule is CCN1C[C@@H](NC(=O)c2cnc3c(N(C)Cc4ccc(OC)cc4)cc(Cl)nn23)C1=C=O. The fraction of sp³-hybridized carbons (Fsp3) is 0.318. The highest BCUT2D eigenvalue weighted by Crippen LogP contribution is 2.26. The molecular formula is C22H23ClN6O3. The van der Waals surface area contributed by atoms with Crippen LogP contribution in [0.15, 0.2) is 42.2 Å². The van der Waals surface area contributed by atoms with E-state index in [0.717, 1.165) is 17.0 Å². The van der Waals surface area contributed by atoms with Crippen molar-refractivity contribution in [3.63, 3.8) is 0 Å². The zero-order valence-electron chi connectivity index (χ0n) is 18.0. The molecule has 1 aliphatic heterocycles. The summed E-state index contributed by atoms with van der Waals surface area (Å²) < 4.78 is 6.64. The molecule has 0 aliphatic carbocycles. The molecule has 1 saturated heterocycles. The molecule has 166 valence electrons. The van der Waals surface area contributed by atoms with E-state index in [4.69, 9.17) is 16.3 Å². The Morgan fingerprint density at radius 3 is 2.78 bits per heavy atom. The number of hydrogen-bond donors (Lipinski definition) is 1. The number of nitrogens with one attached hydrogen (secondary N) is 1. The van der Waals surface area contributed by atoms with Gasteiger partial charge in [-0.1, -0.05) is 23.7 Å². The smallest absolute Gasteiger partial charge is 0.272 e. The van der Waals surface area contributed by atoms with Gasteiger partial charge in [-0.2, -0.15) is 5.10 Å². The van der Waals surface area contributed by atoms with Crippen molar-refractivity contribution in [1.29, 1.82) is 0 Å². The van der Waals surface area contributed by atoms with Gasteiger partial charge in [0.05, 0.1) is 25.0 Å². The fourth-order valence-corrected chi connectivity index (χ4v) is 3.92. The number of amides is 1. The molecule has 1 N–H and O–H groups in total. The molecule has 3 heterocycles. The Balaban J connectivity index is 1.58. The number of ether oxygens (including phenoxy) is 1. The number of carbonyl (C=O) groups is 1. The lowest BCUT2D eigenvalue weighted by Crippen LogP contribution is -2.57. The number of aromatic nitrogens is 3. The van der Waals surface area contributed by atoms with Crippen molar-refractivity contribution in [2.45, 2.75) is 19.5 Å². The Kier molecular flexibility index (Phi) is 6.03. The number of benzene rings is 1. The average Bonchev–Trinajstić information content (AvgIpc) is 3.20. The summed E-state index contributed by atoms with van der Waals surface area (Å²) in [5, 5.41) is 7.35. The van der Waals surface area contributed by atoms with Gasteiger partial charge in [-0.3, -0.25) is 4.79 Å². The van der Waals surface area contributed by atoms with E-state index in [1.165, 1.54) is 10.7 Å². The number of methoxy groups -OCH3 is 1. The molecule has 0 bridgehead atoms. The predicted octanol–water partition coefficient (Wildman–Crippen LogP) is 2.18. The van der Waals surface area contributed by atoms with Crippen LogP contribution in [0.1, 0.15) is 23.0 Å². The van der Waals surface area contributed by atoms with Crippen LogP contribution >= 0.6 is 11.6 Å². The standard InChI is InChI=1S/C22H23ClN6O3/c1-4-28-12-16(19(28)13-30)25-22(31)18-10-24-21-17(9-20(23)26-29(18)21)27(2)11-14-5-7-15(32-3)8-6-14/h5-10,16H,4,11-12H2,1-3H3,(H,25,31)/t16-/m1/s1. The molecule has 1 atom stereocenters. The van der Waals surface area contributed by atoms with Crippen molar-refractivity contribution in [3.05, 3.63) is 58.6 Å². The van der Waals surface area contributed by atoms with Crippen LogP contribution in [-0.2, 0) is 11.3 Å². The van der Waals surface area contributed by atoms with Crippen LogP contribution in [0.5, 0.6) is 5.75 Å². The van der Waals surface area contributed by atoms with Crippen LogP contribution in [-0.4, -0.2) is 64.6 Å². The van der Waals surface area contributed by atoms with Crippen molar-refractivity contribution in [3.8, 4) is 5.75 Å². The lowest BCUT2D eigenvalue weighted by Gasteiger charge is -2.40. The molecule has 0 saturated carbocycles. The van der Waals surface area contributed by atoms with Crippen molar-refractivity contribution >= 4 is 34.8 Å². The van der Waals surface area contributed by atoms with E-state index in [2.05, 4.69) is 15.4 Å². The monoisotopic (exact) mass is 454 g/mol. The molecule has 3 aromatic rings. The van der Waals surface area contributed by atoms with E-state index in [1.807, 2.05) is 54.0 Å². The first-order valence-electron chi connectivity index (χ1n) is 10.1. The average molecular weight is 455 g/mol. The Morgan fingerprint density at radius 2 is 2.12 bits per heavy atom. The summed E-state index contributed by atoms with van der Waals surface area (Å²) in [6.07, 6.45) is 1.46. The molecule has 10 heteroatoms. The second-order valence-corrected chi connectivity index (χ2v) is 7.87. The van der Waals surface area contributed by atoms with E-state index in [-0.39, 0.29) is 22.8 Å². The van der Waals surface area contributed by atoms with Gasteiger partial charge in [0.25, 0.3) is 5.91 Å². The molecule has 32 heavy (non-hydrogen) atoms. The molecule has 0 unspecified atom stereocenters. The van der Waals surface area contributed by atoms with Crippen molar-refractivity contribution < 1.29 is 14.3 Å². The second kappa shape index (κ2) is 8.90. The van der Waals surface area contributed by atoms with Crippen LogP contribution in [0, 0.1) is 0 Å². The van der Waals surface area contributed by atoms with E-state index in [0.29, 0.717) is 31.0 Å². The Morgan fingerprint density at radius 1 is 1.38 bits per heavy atom. The third-order valence-electron chi connectivity index (χ3n) is 5.51. The second-order valence-electron chi connectivity index (χ2n) is 7.49. The van der Waals surface area contributed by atoms with Crippen LogP contribution in [0.3, 0.4) is 0 Å². The van der Waals surface area contributed by atoms with Gasteiger partial charge in [0.2, 0.25) is 0 Å². The van der Waals surface area contributed by atoms with E-state index >= 15 is 0 Å². The van der Waals surface area contributed by atoms with Crippen molar-refractivity contribution in [2.24, 2.45) is 0 Å². The van der Waals surface area contributed by atoms with Gasteiger partial charge >= 0.3 is 0 Å². The summed E-state index contributed by atoms with van der Waals surface area (Å²) in [7, 11) is 3.54. The minimum Gasteiger partial charge on any atom is -0.497 e. The van der Waals surface area contributed by atoms with Crippen molar-refractivity contribution in [1.82, 2.24) is 24.8 Å². The largest absolute Gasteiger partial charge is 0.497 e. The summed E-state index contributed by atoms with van der Waals surface area (Å²) in [6.45, 7) is 3.79. The minimum atomic E-state index is -0.385. The maximum Gasteiger partial charge on any atom is 0.272 e. The summed E-state index contributed by atoms with van der Waals surface area (Å²) >= 11 is 6.28. The first kappa shape index (κ1) is 21.7. The van der Waals surface area contributed by atoms with Gasteiger partial charge in [-0.15, -0.1) is 0 Å². The number of likely N-dealkylation sites (N-methyl/N-ethyl adjacent to an activating group) is 1. The van der Waals surface area contributed by atoms with E-state index in [9.17, 15) is 9.59 Å². The quantitative estimate of drug-likeness (QED) is 0.547. The first-order chi connectivity index (χ1) is 15.4. The number of likely N-dealkylation sites (tertiary alicyclic amines) is 1. The molecule has 4 rings (SSSR count). The number of anilines is 1. The molecule has 1 aromatic carbocycles. The van der Waals surface area contributed by atoms with Crippen LogP contribution in [0.4, 0.5) is 5.69 Å². The van der Waals surface area contributed by atoms with Gasteiger partial charge in [0, 0.05) is 32.7 Å². The summed E-state index contributed by atoms with van der Waals surface area (Å²) in [6, 6.07) is 9.11. The van der Waals surface area contributed by atoms with Gasteiger partial charge in [0.15, 0.2) is 16.5 Å². The number of carbonyl (C=O) groups excluding carboxylic acids is 2. The molecule has 1 amide bonds. The Labute approximate surface area is 190 Å². The van der Waals surface area contributed by atoms with Gasteiger partial charge < -0.3 is 19.9 Å². The lowest BCUT2D eigenvalue weighted by molar-refractivity contribution is 0.0893. The first-order valence-corrected chi connectivity index (χ1v) is 10.5. The fourth-order valence-electron chi connectivity index (χ4n) is 3.74. The highest BCUT2D eigenvalue weighted by atomic mass is 35.5. The van der Waals surface area contributed by atoms with Crippen molar-refractivity contribution in [2.75, 3.05) is 32.1 Å². The summed E-state index contributed by atoms with van der Waals surface area (Å²) in [5.41, 5.74) is 2.99. The third kappa shape index (κ3) is 4.00. The topological polar surface area (TPSA) is 92.1 Å². The number of nitrogens with zero attached hydrogens (tertiary/aromatic N) is 5. The molecule has 0 radical (unpaired) electrons. The van der Waals surface area contributed by atoms with E-state index < -0.39 is 0 Å². The summed E-state index contributed by atoms with van der Waals surface area (Å²) in [5.74, 6) is 2.31. The van der Waals surface area contributed by atoms with Gasteiger partial charge in [0.1, 0.15) is 17.4 Å². The highest BCUT2D eigenvalue weighted by molar-refractivity contribution is 6.29. The predicted molar refractivity (Wildman–Crippen MR) is 121 cm³/mol. The molecule has 2 aromatic heterocycles. The lowest BCUT2D eigenvalue weighted by atomic mass is 10.0. The van der Waals surface area contributed by atoms with Crippen LogP contribution < -0.4 is 15.0 Å². The molecule has 1 fully saturated rings. The zero-order chi connectivity index (χ0) is 22.8. The maximum atomic E-state index is 12.9. The molecular weight excluding hydrogens is 432 g/mol. The van der Waals surface area contributed by atoms with Crippen LogP contribution in [0.25, 0.3) is 5.65 Å². The molecule has 1 aliphatic rings. The number of rotatable bonds is 7. The maximum absolute atomic E-state index is 12.9. The molecule has 0 spiro atoms. The Hall–Kier alpha value is -3.55. The summed E-state index contributed by atoms with van der Waals surface area (Å²) in [4.78, 5) is 32.3. The minimum absolute atomic E-state index is 0.232. The Bertz CT molecular complexity index is 1200.